The van der Waals surface area contributed by atoms with Crippen molar-refractivity contribution in [2.24, 2.45) is 0 Å². The average molecular weight is 353 g/mol. The molecule has 0 atom stereocenters. The smallest absolute Gasteiger partial charge is 0.134 e. The van der Waals surface area contributed by atoms with E-state index in [1.54, 1.807) is 12.1 Å². The van der Waals surface area contributed by atoms with Crippen LogP contribution >= 0.6 is 0 Å². The summed E-state index contributed by atoms with van der Waals surface area (Å²) in [7, 11) is 4.15. The van der Waals surface area contributed by atoms with Gasteiger partial charge in [0.25, 0.3) is 0 Å². The first-order chi connectivity index (χ1) is 12.6. The summed E-state index contributed by atoms with van der Waals surface area (Å²) in [6, 6.07) is 14.4. The maximum absolute atomic E-state index is 13.1. The van der Waals surface area contributed by atoms with Crippen molar-refractivity contribution in [2.45, 2.75) is 13.1 Å². The molecule has 2 aromatic heterocycles. The van der Waals surface area contributed by atoms with Crippen molar-refractivity contribution in [1.29, 1.82) is 0 Å². The monoisotopic (exact) mass is 353 g/mol. The standard InChI is InChI=1S/C21H24FN3O/c1-24(2)13-14-25(15-17-9-11-23-12-10-17)16-20-7-8-21(26-20)18-3-5-19(22)6-4-18/h3-12H,13-16H2,1-2H3. The largest absolute Gasteiger partial charge is 0.460 e. The maximum Gasteiger partial charge on any atom is 0.134 e. The Morgan fingerprint density at radius 2 is 1.62 bits per heavy atom. The van der Waals surface area contributed by atoms with Gasteiger partial charge in [-0.25, -0.2) is 4.39 Å². The Kier molecular flexibility index (Phi) is 6.15. The van der Waals surface area contributed by atoms with E-state index in [2.05, 4.69) is 28.9 Å². The molecule has 4 nitrogen and oxygen atoms in total. The molecule has 0 amide bonds. The zero-order valence-electron chi connectivity index (χ0n) is 15.2. The first-order valence-corrected chi connectivity index (χ1v) is 8.71. The van der Waals surface area contributed by atoms with E-state index in [9.17, 15) is 4.39 Å². The molecule has 0 aliphatic rings. The number of aromatic nitrogens is 1. The number of hydrogen-bond acceptors (Lipinski definition) is 4. The summed E-state index contributed by atoms with van der Waals surface area (Å²) in [5.41, 5.74) is 2.11. The number of halogens is 1. The lowest BCUT2D eigenvalue weighted by Gasteiger charge is -2.23. The van der Waals surface area contributed by atoms with Gasteiger partial charge in [0, 0.05) is 37.6 Å². The van der Waals surface area contributed by atoms with Gasteiger partial charge in [-0.15, -0.1) is 0 Å². The second-order valence-corrected chi connectivity index (χ2v) is 6.64. The van der Waals surface area contributed by atoms with Gasteiger partial charge in [-0.05, 0) is 68.2 Å². The third kappa shape index (κ3) is 5.25. The minimum atomic E-state index is -0.243. The van der Waals surface area contributed by atoms with Crippen LogP contribution in [0.5, 0.6) is 0 Å². The third-order valence-corrected chi connectivity index (χ3v) is 4.19. The minimum absolute atomic E-state index is 0.243. The van der Waals surface area contributed by atoms with E-state index in [-0.39, 0.29) is 5.82 Å². The second-order valence-electron chi connectivity index (χ2n) is 6.64. The van der Waals surface area contributed by atoms with Crippen molar-refractivity contribution in [3.05, 3.63) is 78.1 Å². The summed E-state index contributed by atoms with van der Waals surface area (Å²) >= 11 is 0. The van der Waals surface area contributed by atoms with Crippen LogP contribution in [0.1, 0.15) is 11.3 Å². The zero-order chi connectivity index (χ0) is 18.4. The van der Waals surface area contributed by atoms with Gasteiger partial charge in [-0.2, -0.15) is 0 Å². The van der Waals surface area contributed by atoms with E-state index in [0.717, 1.165) is 43.3 Å². The first-order valence-electron chi connectivity index (χ1n) is 8.71. The highest BCUT2D eigenvalue weighted by Crippen LogP contribution is 2.23. The number of hydrogen-bond donors (Lipinski definition) is 0. The van der Waals surface area contributed by atoms with E-state index in [0.29, 0.717) is 0 Å². The van der Waals surface area contributed by atoms with Crippen LogP contribution < -0.4 is 0 Å². The third-order valence-electron chi connectivity index (χ3n) is 4.19. The predicted molar refractivity (Wildman–Crippen MR) is 101 cm³/mol. The Morgan fingerprint density at radius 3 is 2.31 bits per heavy atom. The van der Waals surface area contributed by atoms with Crippen molar-refractivity contribution < 1.29 is 8.81 Å². The zero-order valence-corrected chi connectivity index (χ0v) is 15.2. The van der Waals surface area contributed by atoms with Crippen LogP contribution in [0.3, 0.4) is 0 Å². The molecule has 2 heterocycles. The maximum atomic E-state index is 13.1. The van der Waals surface area contributed by atoms with Crippen molar-refractivity contribution in [3.8, 4) is 11.3 Å². The number of furan rings is 1. The molecule has 3 aromatic rings. The highest BCUT2D eigenvalue weighted by molar-refractivity contribution is 5.57. The van der Waals surface area contributed by atoms with Crippen LogP contribution in [-0.4, -0.2) is 42.0 Å². The fraction of sp³-hybridized carbons (Fsp3) is 0.286. The topological polar surface area (TPSA) is 32.5 Å². The predicted octanol–water partition coefficient (Wildman–Crippen LogP) is 4.04. The summed E-state index contributed by atoms with van der Waals surface area (Å²) in [6.45, 7) is 3.46. The number of pyridine rings is 1. The van der Waals surface area contributed by atoms with Gasteiger partial charge < -0.3 is 9.32 Å². The fourth-order valence-electron chi connectivity index (χ4n) is 2.75. The molecular weight excluding hydrogens is 329 g/mol. The molecule has 0 aliphatic carbocycles. The van der Waals surface area contributed by atoms with Gasteiger partial charge in [0.15, 0.2) is 0 Å². The molecule has 0 aliphatic heterocycles. The van der Waals surface area contributed by atoms with Crippen molar-refractivity contribution >= 4 is 0 Å². The van der Waals surface area contributed by atoms with Gasteiger partial charge in [0.05, 0.1) is 6.54 Å². The van der Waals surface area contributed by atoms with Crippen LogP contribution in [-0.2, 0) is 13.1 Å². The summed E-state index contributed by atoms with van der Waals surface area (Å²) in [4.78, 5) is 8.60. The highest BCUT2D eigenvalue weighted by atomic mass is 19.1. The van der Waals surface area contributed by atoms with Crippen LogP contribution in [0.25, 0.3) is 11.3 Å². The molecule has 0 fully saturated rings. The van der Waals surface area contributed by atoms with Gasteiger partial charge in [-0.3, -0.25) is 9.88 Å². The van der Waals surface area contributed by atoms with E-state index >= 15 is 0 Å². The van der Waals surface area contributed by atoms with Gasteiger partial charge in [-0.1, -0.05) is 0 Å². The van der Waals surface area contributed by atoms with E-state index in [1.165, 1.54) is 17.7 Å². The van der Waals surface area contributed by atoms with E-state index in [4.69, 9.17) is 4.42 Å². The normalized spacial score (nSPS) is 11.4. The molecule has 0 radical (unpaired) electrons. The number of likely N-dealkylation sites (N-methyl/N-ethyl adjacent to an activating group) is 1. The second kappa shape index (κ2) is 8.74. The van der Waals surface area contributed by atoms with Crippen LogP contribution in [0.15, 0.2) is 65.3 Å². The first kappa shape index (κ1) is 18.3. The molecule has 0 N–H and O–H groups in total. The lowest BCUT2D eigenvalue weighted by atomic mass is 10.2. The average Bonchev–Trinajstić information content (AvgIpc) is 3.09. The summed E-state index contributed by atoms with van der Waals surface area (Å²) in [5, 5.41) is 0. The summed E-state index contributed by atoms with van der Waals surface area (Å²) in [5.74, 6) is 1.42. The Hall–Kier alpha value is -2.50. The molecule has 0 bridgehead atoms. The van der Waals surface area contributed by atoms with E-state index in [1.807, 2.05) is 36.7 Å². The summed E-state index contributed by atoms with van der Waals surface area (Å²) < 4.78 is 19.1. The highest BCUT2D eigenvalue weighted by Gasteiger charge is 2.12. The van der Waals surface area contributed by atoms with E-state index < -0.39 is 0 Å². The molecule has 1 aromatic carbocycles. The Labute approximate surface area is 153 Å². The fourth-order valence-corrected chi connectivity index (χ4v) is 2.75. The SMILES string of the molecule is CN(C)CCN(Cc1ccncc1)Cc1ccc(-c2ccc(F)cc2)o1. The Bertz CT molecular complexity index is 800. The number of nitrogens with zero attached hydrogens (tertiary/aromatic N) is 3. The lowest BCUT2D eigenvalue weighted by molar-refractivity contribution is 0.211. The van der Waals surface area contributed by atoms with Crippen LogP contribution in [0.4, 0.5) is 4.39 Å². The van der Waals surface area contributed by atoms with Gasteiger partial charge in [0.2, 0.25) is 0 Å². The Balaban J connectivity index is 1.70. The molecule has 0 unspecified atom stereocenters. The molecular formula is C21H24FN3O. The van der Waals surface area contributed by atoms with Crippen LogP contribution in [0, 0.1) is 5.82 Å². The molecule has 3 rings (SSSR count). The molecule has 0 spiro atoms. The number of benzene rings is 1. The molecule has 136 valence electrons. The molecule has 26 heavy (non-hydrogen) atoms. The molecule has 5 heteroatoms. The molecule has 0 saturated carbocycles. The Morgan fingerprint density at radius 1 is 0.885 bits per heavy atom. The van der Waals surface area contributed by atoms with Crippen LogP contribution in [0.2, 0.25) is 0 Å². The molecule has 0 saturated heterocycles. The van der Waals surface area contributed by atoms with Crippen molar-refractivity contribution in [3.63, 3.8) is 0 Å². The summed E-state index contributed by atoms with van der Waals surface area (Å²) in [6.07, 6.45) is 3.64. The van der Waals surface area contributed by atoms with Gasteiger partial charge >= 0.3 is 0 Å². The minimum Gasteiger partial charge on any atom is -0.460 e. The van der Waals surface area contributed by atoms with Gasteiger partial charge in [0.1, 0.15) is 17.3 Å². The lowest BCUT2D eigenvalue weighted by Crippen LogP contribution is -2.31. The van der Waals surface area contributed by atoms with Crippen molar-refractivity contribution in [2.75, 3.05) is 27.2 Å². The number of rotatable bonds is 8. The van der Waals surface area contributed by atoms with Crippen molar-refractivity contribution in [1.82, 2.24) is 14.8 Å². The quantitative estimate of drug-likeness (QED) is 0.612.